The molecule has 3 rings (SSSR count). The lowest BCUT2D eigenvalue weighted by atomic mass is 10.2. The smallest absolute Gasteiger partial charge is 0.175 e. The van der Waals surface area contributed by atoms with Gasteiger partial charge in [0.1, 0.15) is 11.5 Å². The summed E-state index contributed by atoms with van der Waals surface area (Å²) in [4.78, 5) is 0. The molecule has 0 bridgehead atoms. The molecule has 25 heavy (non-hydrogen) atoms. The van der Waals surface area contributed by atoms with Gasteiger partial charge in [0.05, 0.1) is 0 Å². The Hall–Kier alpha value is -2.56. The van der Waals surface area contributed by atoms with E-state index in [2.05, 4.69) is 10.6 Å². The van der Waals surface area contributed by atoms with Crippen LogP contribution in [0.1, 0.15) is 5.56 Å². The Morgan fingerprint density at radius 2 is 1.56 bits per heavy atom. The minimum absolute atomic E-state index is 0.516. The van der Waals surface area contributed by atoms with Crippen molar-refractivity contribution >= 4 is 40.3 Å². The van der Waals surface area contributed by atoms with Crippen molar-refractivity contribution in [3.63, 3.8) is 0 Å². The molecule has 0 aliphatic rings. The molecule has 3 nitrogen and oxygen atoms in total. The average Bonchev–Trinajstić information content (AvgIpc) is 2.60. The number of thiocarbonyl (C=S) groups is 1. The van der Waals surface area contributed by atoms with Gasteiger partial charge in [-0.3, -0.25) is 0 Å². The Labute approximate surface area is 157 Å². The van der Waals surface area contributed by atoms with Gasteiger partial charge in [-0.15, -0.1) is 0 Å². The summed E-state index contributed by atoms with van der Waals surface area (Å²) in [7, 11) is 0. The molecule has 5 heteroatoms. The van der Waals surface area contributed by atoms with Crippen molar-refractivity contribution in [1.82, 2.24) is 0 Å². The Morgan fingerprint density at radius 1 is 0.880 bits per heavy atom. The molecule has 2 N–H and O–H groups in total. The predicted molar refractivity (Wildman–Crippen MR) is 109 cm³/mol. The fourth-order valence-corrected chi connectivity index (χ4v) is 2.74. The molecule has 0 fully saturated rings. The minimum Gasteiger partial charge on any atom is -0.457 e. The molecule has 3 aromatic carbocycles. The number of anilines is 2. The topological polar surface area (TPSA) is 33.3 Å². The molecule has 0 heterocycles. The van der Waals surface area contributed by atoms with E-state index in [0.29, 0.717) is 10.1 Å². The van der Waals surface area contributed by atoms with Crippen LogP contribution in [0.25, 0.3) is 0 Å². The first-order chi connectivity index (χ1) is 12.1. The van der Waals surface area contributed by atoms with Crippen LogP contribution >= 0.6 is 23.8 Å². The molecular weight excluding hydrogens is 352 g/mol. The SMILES string of the molecule is Cc1cc(Cl)ccc1NC(=S)Nc1ccc(Oc2ccccc2)cc1. The Balaban J connectivity index is 1.60. The lowest BCUT2D eigenvalue weighted by Gasteiger charge is -2.13. The summed E-state index contributed by atoms with van der Waals surface area (Å²) >= 11 is 11.3. The van der Waals surface area contributed by atoms with Gasteiger partial charge in [-0.1, -0.05) is 29.8 Å². The molecular formula is C20H17ClN2OS. The monoisotopic (exact) mass is 368 g/mol. The number of halogens is 1. The molecule has 0 aromatic heterocycles. The highest BCUT2D eigenvalue weighted by molar-refractivity contribution is 7.80. The van der Waals surface area contributed by atoms with Crippen LogP contribution in [0.4, 0.5) is 11.4 Å². The van der Waals surface area contributed by atoms with E-state index in [4.69, 9.17) is 28.6 Å². The third kappa shape index (κ3) is 4.95. The van der Waals surface area contributed by atoms with Gasteiger partial charge in [-0.05, 0) is 79.3 Å². The third-order valence-electron chi connectivity index (χ3n) is 3.53. The van der Waals surface area contributed by atoms with Crippen molar-refractivity contribution in [2.75, 3.05) is 10.6 Å². The number of para-hydroxylation sites is 1. The summed E-state index contributed by atoms with van der Waals surface area (Å²) in [6, 6.07) is 22.9. The van der Waals surface area contributed by atoms with Gasteiger partial charge in [0.25, 0.3) is 0 Å². The van der Waals surface area contributed by atoms with Gasteiger partial charge in [-0.25, -0.2) is 0 Å². The van der Waals surface area contributed by atoms with E-state index in [0.717, 1.165) is 28.4 Å². The van der Waals surface area contributed by atoms with Crippen molar-refractivity contribution in [3.05, 3.63) is 83.4 Å². The Morgan fingerprint density at radius 3 is 2.24 bits per heavy atom. The van der Waals surface area contributed by atoms with Gasteiger partial charge in [0.15, 0.2) is 5.11 Å². The summed E-state index contributed by atoms with van der Waals surface area (Å²) in [5.74, 6) is 1.57. The summed E-state index contributed by atoms with van der Waals surface area (Å²) in [6.45, 7) is 1.98. The maximum Gasteiger partial charge on any atom is 0.175 e. The third-order valence-corrected chi connectivity index (χ3v) is 3.97. The fourth-order valence-electron chi connectivity index (χ4n) is 2.28. The van der Waals surface area contributed by atoms with Crippen molar-refractivity contribution in [3.8, 4) is 11.5 Å². The number of hydrogen-bond donors (Lipinski definition) is 2. The van der Waals surface area contributed by atoms with Crippen LogP contribution in [0.3, 0.4) is 0 Å². The Bertz CT molecular complexity index is 867. The molecule has 0 spiro atoms. The van der Waals surface area contributed by atoms with E-state index in [1.54, 1.807) is 0 Å². The molecule has 126 valence electrons. The van der Waals surface area contributed by atoms with Gasteiger partial charge in [0, 0.05) is 16.4 Å². The van der Waals surface area contributed by atoms with Gasteiger partial charge in [-0.2, -0.15) is 0 Å². The molecule has 0 saturated carbocycles. The van der Waals surface area contributed by atoms with E-state index in [9.17, 15) is 0 Å². The fraction of sp³-hybridized carbons (Fsp3) is 0.0500. The van der Waals surface area contributed by atoms with Gasteiger partial charge < -0.3 is 15.4 Å². The maximum absolute atomic E-state index is 5.97. The molecule has 0 saturated heterocycles. The highest BCUT2D eigenvalue weighted by Gasteiger charge is 2.03. The second-order valence-corrected chi connectivity index (χ2v) is 6.32. The summed E-state index contributed by atoms with van der Waals surface area (Å²) < 4.78 is 5.77. The molecule has 3 aromatic rings. The van der Waals surface area contributed by atoms with Crippen molar-refractivity contribution in [2.45, 2.75) is 6.92 Å². The first-order valence-electron chi connectivity index (χ1n) is 7.77. The van der Waals surface area contributed by atoms with E-state index >= 15 is 0 Å². The normalized spacial score (nSPS) is 10.2. The zero-order chi connectivity index (χ0) is 17.6. The minimum atomic E-state index is 0.516. The predicted octanol–water partition coefficient (Wildman–Crippen LogP) is 6.25. The van der Waals surface area contributed by atoms with Crippen LogP contribution in [0.5, 0.6) is 11.5 Å². The average molecular weight is 369 g/mol. The number of benzene rings is 3. The second kappa shape index (κ2) is 8.01. The Kier molecular flexibility index (Phi) is 5.53. The molecule has 0 atom stereocenters. The van der Waals surface area contributed by atoms with E-state index in [1.807, 2.05) is 79.7 Å². The standard InChI is InChI=1S/C20H17ClN2OS/c1-14-13-15(21)7-12-19(14)23-20(25)22-16-8-10-18(11-9-16)24-17-5-3-2-4-6-17/h2-13H,1H3,(H2,22,23,25). The van der Waals surface area contributed by atoms with E-state index < -0.39 is 0 Å². The van der Waals surface area contributed by atoms with Crippen LogP contribution in [0.15, 0.2) is 72.8 Å². The van der Waals surface area contributed by atoms with Crippen molar-refractivity contribution < 1.29 is 4.74 Å². The summed E-state index contributed by atoms with van der Waals surface area (Å²) in [5.41, 5.74) is 2.83. The van der Waals surface area contributed by atoms with E-state index in [1.165, 1.54) is 0 Å². The largest absolute Gasteiger partial charge is 0.457 e. The van der Waals surface area contributed by atoms with Crippen LogP contribution < -0.4 is 15.4 Å². The highest BCUT2D eigenvalue weighted by atomic mass is 35.5. The molecule has 0 aliphatic carbocycles. The molecule has 0 radical (unpaired) electrons. The zero-order valence-corrected chi connectivity index (χ0v) is 15.2. The highest BCUT2D eigenvalue weighted by Crippen LogP contribution is 2.23. The number of hydrogen-bond acceptors (Lipinski definition) is 2. The lowest BCUT2D eigenvalue weighted by molar-refractivity contribution is 0.483. The van der Waals surface area contributed by atoms with Crippen molar-refractivity contribution in [1.29, 1.82) is 0 Å². The van der Waals surface area contributed by atoms with Crippen LogP contribution in [0.2, 0.25) is 5.02 Å². The second-order valence-electron chi connectivity index (χ2n) is 5.48. The van der Waals surface area contributed by atoms with Gasteiger partial charge in [0.2, 0.25) is 0 Å². The zero-order valence-electron chi connectivity index (χ0n) is 13.6. The number of aryl methyl sites for hydroxylation is 1. The number of nitrogens with one attached hydrogen (secondary N) is 2. The summed E-state index contributed by atoms with van der Waals surface area (Å²) in [5, 5.41) is 7.55. The summed E-state index contributed by atoms with van der Waals surface area (Å²) in [6.07, 6.45) is 0. The first kappa shape index (κ1) is 17.3. The van der Waals surface area contributed by atoms with Crippen molar-refractivity contribution in [2.24, 2.45) is 0 Å². The van der Waals surface area contributed by atoms with Crippen LogP contribution in [-0.2, 0) is 0 Å². The lowest BCUT2D eigenvalue weighted by Crippen LogP contribution is -2.19. The van der Waals surface area contributed by atoms with E-state index in [-0.39, 0.29) is 0 Å². The van der Waals surface area contributed by atoms with Gasteiger partial charge >= 0.3 is 0 Å². The first-order valence-corrected chi connectivity index (χ1v) is 8.56. The maximum atomic E-state index is 5.97. The molecule has 0 amide bonds. The quantitative estimate of drug-likeness (QED) is 0.533. The van der Waals surface area contributed by atoms with Crippen LogP contribution in [-0.4, -0.2) is 5.11 Å². The molecule has 0 unspecified atom stereocenters. The number of ether oxygens (including phenoxy) is 1. The van der Waals surface area contributed by atoms with Crippen LogP contribution in [0, 0.1) is 6.92 Å². The molecule has 0 aliphatic heterocycles. The number of rotatable bonds is 4.